The highest BCUT2D eigenvalue weighted by molar-refractivity contribution is 9.10. The Labute approximate surface area is 130 Å². The molecule has 0 aromatic heterocycles. The molecule has 112 valence electrons. The van der Waals surface area contributed by atoms with Gasteiger partial charge in [-0.3, -0.25) is 4.90 Å². The lowest BCUT2D eigenvalue weighted by Crippen LogP contribution is -2.29. The number of nitrogens with zero attached hydrogens (tertiary/aromatic N) is 1. The summed E-state index contributed by atoms with van der Waals surface area (Å²) in [4.78, 5) is 2.54. The number of halogens is 1. The first-order chi connectivity index (χ1) is 9.74. The van der Waals surface area contributed by atoms with Crippen LogP contribution in [0.5, 0.6) is 0 Å². The Bertz CT molecular complexity index is 421. The normalized spacial score (nSPS) is 15.0. The van der Waals surface area contributed by atoms with E-state index in [1.54, 1.807) is 7.11 Å². The van der Waals surface area contributed by atoms with Crippen molar-refractivity contribution in [2.24, 2.45) is 0 Å². The third-order valence-electron chi connectivity index (χ3n) is 3.72. The van der Waals surface area contributed by atoms with Gasteiger partial charge in [-0.15, -0.1) is 0 Å². The van der Waals surface area contributed by atoms with Gasteiger partial charge in [-0.25, -0.2) is 0 Å². The molecule has 1 fully saturated rings. The molecule has 4 heteroatoms. The molecule has 0 saturated heterocycles. The number of rotatable bonds is 9. The third kappa shape index (κ3) is 4.85. The van der Waals surface area contributed by atoms with Crippen molar-refractivity contribution in [3.8, 4) is 0 Å². The van der Waals surface area contributed by atoms with Crippen molar-refractivity contribution < 1.29 is 4.74 Å². The molecule has 1 aliphatic carbocycles. The second kappa shape index (κ2) is 8.13. The average Bonchev–Trinajstić information content (AvgIpc) is 3.27. The van der Waals surface area contributed by atoms with E-state index in [2.05, 4.69) is 51.3 Å². The Morgan fingerprint density at radius 3 is 2.80 bits per heavy atom. The minimum absolute atomic E-state index is 0.762. The molecule has 0 amide bonds. The Hall–Kier alpha value is -0.420. The van der Waals surface area contributed by atoms with Crippen molar-refractivity contribution in [3.63, 3.8) is 0 Å². The number of hydrogen-bond donors (Lipinski definition) is 1. The minimum Gasteiger partial charge on any atom is -0.383 e. The molecule has 0 radical (unpaired) electrons. The van der Waals surface area contributed by atoms with E-state index in [9.17, 15) is 0 Å². The van der Waals surface area contributed by atoms with Gasteiger partial charge in [0.2, 0.25) is 0 Å². The maximum absolute atomic E-state index is 5.22. The molecule has 0 unspecified atom stereocenters. The van der Waals surface area contributed by atoms with Crippen molar-refractivity contribution in [1.29, 1.82) is 0 Å². The molecule has 0 atom stereocenters. The van der Waals surface area contributed by atoms with Crippen LogP contribution in [0.25, 0.3) is 0 Å². The Balaban J connectivity index is 1.96. The van der Waals surface area contributed by atoms with Gasteiger partial charge < -0.3 is 10.1 Å². The van der Waals surface area contributed by atoms with E-state index in [0.29, 0.717) is 0 Å². The molecule has 0 heterocycles. The van der Waals surface area contributed by atoms with Gasteiger partial charge in [0.05, 0.1) is 6.61 Å². The van der Waals surface area contributed by atoms with Gasteiger partial charge in [0.15, 0.2) is 0 Å². The van der Waals surface area contributed by atoms with Gasteiger partial charge in [-0.05, 0) is 36.6 Å². The first kappa shape index (κ1) is 16.0. The summed E-state index contributed by atoms with van der Waals surface area (Å²) in [6, 6.07) is 7.47. The molecule has 1 aromatic carbocycles. The van der Waals surface area contributed by atoms with E-state index in [1.165, 1.54) is 28.4 Å². The van der Waals surface area contributed by atoms with Crippen LogP contribution in [0.4, 0.5) is 0 Å². The van der Waals surface area contributed by atoms with Crippen LogP contribution in [0, 0.1) is 0 Å². The van der Waals surface area contributed by atoms with Gasteiger partial charge >= 0.3 is 0 Å². The second-order valence-electron chi connectivity index (χ2n) is 5.40. The van der Waals surface area contributed by atoms with Gasteiger partial charge in [0, 0.05) is 37.3 Å². The summed E-state index contributed by atoms with van der Waals surface area (Å²) < 4.78 is 6.44. The predicted molar refractivity (Wildman–Crippen MR) is 86.8 cm³/mol. The molecule has 1 N–H and O–H groups in total. The first-order valence-corrected chi connectivity index (χ1v) is 8.25. The fourth-order valence-electron chi connectivity index (χ4n) is 2.36. The fourth-order valence-corrected chi connectivity index (χ4v) is 2.91. The zero-order valence-corrected chi connectivity index (χ0v) is 14.1. The Morgan fingerprint density at radius 2 is 2.20 bits per heavy atom. The van der Waals surface area contributed by atoms with E-state index < -0.39 is 0 Å². The number of methoxy groups -OCH3 is 1. The van der Waals surface area contributed by atoms with Gasteiger partial charge in [0.25, 0.3) is 0 Å². The molecule has 1 aromatic rings. The maximum atomic E-state index is 5.22. The smallest absolute Gasteiger partial charge is 0.0589 e. The van der Waals surface area contributed by atoms with E-state index in [0.717, 1.165) is 38.8 Å². The fraction of sp³-hybridized carbons (Fsp3) is 0.625. The van der Waals surface area contributed by atoms with E-state index in [4.69, 9.17) is 4.74 Å². The Kier molecular flexibility index (Phi) is 6.49. The van der Waals surface area contributed by atoms with Crippen LogP contribution in [0.2, 0.25) is 0 Å². The first-order valence-electron chi connectivity index (χ1n) is 7.45. The van der Waals surface area contributed by atoms with Crippen molar-refractivity contribution >= 4 is 15.9 Å². The molecule has 0 aliphatic heterocycles. The van der Waals surface area contributed by atoms with Crippen LogP contribution in [-0.2, 0) is 17.8 Å². The summed E-state index contributed by atoms with van der Waals surface area (Å²) in [6.07, 6.45) is 2.67. The molecular formula is C16H25BrN2O. The average molecular weight is 341 g/mol. The highest BCUT2D eigenvalue weighted by Crippen LogP contribution is 2.29. The van der Waals surface area contributed by atoms with Crippen molar-refractivity contribution in [1.82, 2.24) is 10.2 Å². The maximum Gasteiger partial charge on any atom is 0.0589 e. The van der Waals surface area contributed by atoms with Gasteiger partial charge in [-0.2, -0.15) is 0 Å². The summed E-state index contributed by atoms with van der Waals surface area (Å²) >= 11 is 3.72. The quantitative estimate of drug-likeness (QED) is 0.747. The lowest BCUT2D eigenvalue weighted by atomic mass is 10.1. The number of ether oxygens (including phenoxy) is 1. The Morgan fingerprint density at radius 1 is 1.40 bits per heavy atom. The van der Waals surface area contributed by atoms with E-state index in [-0.39, 0.29) is 0 Å². The zero-order valence-electron chi connectivity index (χ0n) is 12.5. The molecule has 20 heavy (non-hydrogen) atoms. The SMILES string of the molecule is CCNCc1ccc(CN(CCOC)C2CC2)c(Br)c1. The van der Waals surface area contributed by atoms with Crippen LogP contribution in [-0.4, -0.2) is 37.7 Å². The van der Waals surface area contributed by atoms with Crippen LogP contribution < -0.4 is 5.32 Å². The highest BCUT2D eigenvalue weighted by atomic mass is 79.9. The van der Waals surface area contributed by atoms with Crippen molar-refractivity contribution in [3.05, 3.63) is 33.8 Å². The number of hydrogen-bond acceptors (Lipinski definition) is 3. The molecule has 0 spiro atoms. The lowest BCUT2D eigenvalue weighted by Gasteiger charge is -2.22. The molecule has 0 bridgehead atoms. The summed E-state index contributed by atoms with van der Waals surface area (Å²) in [5.74, 6) is 0. The van der Waals surface area contributed by atoms with Crippen molar-refractivity contribution in [2.45, 2.75) is 38.9 Å². The second-order valence-corrected chi connectivity index (χ2v) is 6.25. The van der Waals surface area contributed by atoms with Crippen LogP contribution in [0.15, 0.2) is 22.7 Å². The number of benzene rings is 1. The summed E-state index contributed by atoms with van der Waals surface area (Å²) in [6.45, 7) is 6.92. The molecule has 2 rings (SSSR count). The molecule has 3 nitrogen and oxygen atoms in total. The largest absolute Gasteiger partial charge is 0.383 e. The van der Waals surface area contributed by atoms with Gasteiger partial charge in [-0.1, -0.05) is 35.0 Å². The standard InChI is InChI=1S/C16H25BrN2O/c1-3-18-11-13-4-5-14(16(17)10-13)12-19(8-9-20-2)15-6-7-15/h4-5,10,15,18H,3,6-9,11-12H2,1-2H3. The highest BCUT2D eigenvalue weighted by Gasteiger charge is 2.28. The minimum atomic E-state index is 0.762. The van der Waals surface area contributed by atoms with E-state index >= 15 is 0 Å². The van der Waals surface area contributed by atoms with Crippen LogP contribution in [0.3, 0.4) is 0 Å². The zero-order chi connectivity index (χ0) is 14.4. The third-order valence-corrected chi connectivity index (χ3v) is 4.45. The summed E-state index contributed by atoms with van der Waals surface area (Å²) in [5.41, 5.74) is 2.70. The lowest BCUT2D eigenvalue weighted by molar-refractivity contribution is 0.139. The topological polar surface area (TPSA) is 24.5 Å². The van der Waals surface area contributed by atoms with Gasteiger partial charge in [0.1, 0.15) is 0 Å². The molecular weight excluding hydrogens is 316 g/mol. The molecule has 1 saturated carbocycles. The van der Waals surface area contributed by atoms with E-state index in [1.807, 2.05) is 0 Å². The number of nitrogens with one attached hydrogen (secondary N) is 1. The summed E-state index contributed by atoms with van der Waals surface area (Å²) in [7, 11) is 1.77. The summed E-state index contributed by atoms with van der Waals surface area (Å²) in [5, 5.41) is 3.36. The van der Waals surface area contributed by atoms with Crippen molar-refractivity contribution in [2.75, 3.05) is 26.8 Å². The molecule has 1 aliphatic rings. The monoisotopic (exact) mass is 340 g/mol. The predicted octanol–water partition coefficient (Wildman–Crippen LogP) is 3.17. The van der Waals surface area contributed by atoms with Crippen LogP contribution >= 0.6 is 15.9 Å². The van der Waals surface area contributed by atoms with Crippen LogP contribution in [0.1, 0.15) is 30.9 Å².